The Morgan fingerprint density at radius 2 is 1.50 bits per heavy atom. The van der Waals surface area contributed by atoms with Crippen molar-refractivity contribution < 1.29 is 45.0 Å². The van der Waals surface area contributed by atoms with E-state index in [1.54, 1.807) is 0 Å². The molecule has 0 aliphatic rings. The van der Waals surface area contributed by atoms with E-state index in [1.807, 2.05) is 0 Å². The number of halogens is 7. The first kappa shape index (κ1) is 22.9. The lowest BCUT2D eigenvalue weighted by atomic mass is 9.89. The summed E-state index contributed by atoms with van der Waals surface area (Å²) in [6.45, 7) is -0.0152. The molecule has 0 radical (unpaired) electrons. The van der Waals surface area contributed by atoms with Crippen molar-refractivity contribution in [2.75, 3.05) is 19.8 Å². The van der Waals surface area contributed by atoms with E-state index in [4.69, 9.17) is 0 Å². The van der Waals surface area contributed by atoms with Crippen LogP contribution in [0.1, 0.15) is 40.0 Å². The van der Waals surface area contributed by atoms with E-state index in [9.17, 15) is 35.5 Å². The monoisotopic (exact) mass is 370 g/mol. The molecule has 144 valence electrons. The molecule has 1 atom stereocenters. The second-order valence-corrected chi connectivity index (χ2v) is 5.67. The van der Waals surface area contributed by atoms with Crippen LogP contribution in [0.25, 0.3) is 0 Å². The molecule has 0 aromatic heterocycles. The zero-order valence-electron chi connectivity index (χ0n) is 13.6. The normalized spacial score (nSPS) is 15.9. The highest BCUT2D eigenvalue weighted by Crippen LogP contribution is 2.48. The molecule has 0 spiro atoms. The summed E-state index contributed by atoms with van der Waals surface area (Å²) in [4.78, 5) is 11.3. The van der Waals surface area contributed by atoms with Gasteiger partial charge in [0.15, 0.2) is 5.67 Å². The van der Waals surface area contributed by atoms with Gasteiger partial charge in [-0.2, -0.15) is 17.6 Å². The van der Waals surface area contributed by atoms with Gasteiger partial charge in [-0.05, 0) is 13.3 Å². The maximum absolute atomic E-state index is 13.9. The average Bonchev–Trinajstić information content (AvgIpc) is 2.43. The van der Waals surface area contributed by atoms with Crippen LogP contribution in [-0.4, -0.2) is 49.2 Å². The Morgan fingerprint density at radius 1 is 0.958 bits per heavy atom. The maximum Gasteiger partial charge on any atom is 0.342 e. The summed E-state index contributed by atoms with van der Waals surface area (Å²) in [5, 5.41) is 0. The minimum atomic E-state index is -4.95. The van der Waals surface area contributed by atoms with Crippen LogP contribution in [0.4, 0.5) is 30.7 Å². The lowest BCUT2D eigenvalue weighted by molar-refractivity contribution is -0.269. The second kappa shape index (κ2) is 8.35. The Bertz CT molecular complexity index is 406. The van der Waals surface area contributed by atoms with Crippen molar-refractivity contribution >= 4 is 5.97 Å². The highest BCUT2D eigenvalue weighted by atomic mass is 19.3. The Kier molecular flexibility index (Phi) is 7.98. The minimum Gasteiger partial charge on any atom is -0.463 e. The van der Waals surface area contributed by atoms with Crippen molar-refractivity contribution in [3.05, 3.63) is 0 Å². The predicted molar refractivity (Wildman–Crippen MR) is 71.3 cm³/mol. The van der Waals surface area contributed by atoms with E-state index in [-0.39, 0.29) is 13.5 Å². The summed E-state index contributed by atoms with van der Waals surface area (Å²) in [7, 11) is 0. The molecule has 10 heteroatoms. The lowest BCUT2D eigenvalue weighted by Gasteiger charge is -2.35. The summed E-state index contributed by atoms with van der Waals surface area (Å²) < 4.78 is 101. The molecule has 24 heavy (non-hydrogen) atoms. The molecule has 0 aliphatic heterocycles. The molecule has 0 rings (SSSR count). The molecule has 0 amide bonds. The molecule has 0 fully saturated rings. The van der Waals surface area contributed by atoms with Gasteiger partial charge in [0, 0.05) is 19.8 Å². The van der Waals surface area contributed by atoms with Crippen molar-refractivity contribution in [3.8, 4) is 0 Å². The minimum absolute atomic E-state index is 0.288. The lowest BCUT2D eigenvalue weighted by Crippen LogP contribution is -2.54. The molecule has 0 aromatic carbocycles. The first-order valence-electron chi connectivity index (χ1n) is 7.22. The number of rotatable bonds is 11. The highest BCUT2D eigenvalue weighted by molar-refractivity contribution is 5.69. The van der Waals surface area contributed by atoms with Crippen LogP contribution in [0.3, 0.4) is 0 Å². The Hall–Kier alpha value is -1.06. The zero-order valence-corrected chi connectivity index (χ0v) is 13.6. The molecule has 0 bridgehead atoms. The number of alkyl halides is 7. The number of ether oxygens (including phenoxy) is 2. The predicted octanol–water partition coefficient (Wildman–Crippen LogP) is 4.39. The number of carbonyl (C=O) groups is 1. The molecule has 3 nitrogen and oxygen atoms in total. The Morgan fingerprint density at radius 3 is 1.96 bits per heavy atom. The number of hydrogen-bond donors (Lipinski definition) is 0. The fourth-order valence-electron chi connectivity index (χ4n) is 1.64. The molecule has 1 unspecified atom stereocenters. The van der Waals surface area contributed by atoms with Crippen LogP contribution < -0.4 is 0 Å². The molecule has 0 saturated heterocycles. The molecule has 0 aromatic rings. The number of esters is 1. The molecule has 0 N–H and O–H groups in total. The van der Waals surface area contributed by atoms with Crippen LogP contribution in [-0.2, 0) is 14.3 Å². The van der Waals surface area contributed by atoms with Crippen molar-refractivity contribution in [2.45, 2.75) is 63.5 Å². The van der Waals surface area contributed by atoms with Gasteiger partial charge < -0.3 is 9.47 Å². The summed E-state index contributed by atoms with van der Waals surface area (Å²) >= 11 is 0. The highest BCUT2D eigenvalue weighted by Gasteiger charge is 2.66. The van der Waals surface area contributed by atoms with Gasteiger partial charge in [-0.15, -0.1) is 0 Å². The first-order chi connectivity index (χ1) is 10.7. The Balaban J connectivity index is 4.30. The fourth-order valence-corrected chi connectivity index (χ4v) is 1.64. The van der Waals surface area contributed by atoms with Crippen molar-refractivity contribution in [1.82, 2.24) is 0 Å². The Labute approximate surface area is 135 Å². The zero-order chi connectivity index (χ0) is 19.2. The van der Waals surface area contributed by atoms with Crippen molar-refractivity contribution in [3.63, 3.8) is 0 Å². The van der Waals surface area contributed by atoms with E-state index in [1.165, 1.54) is 0 Å². The molecule has 0 aliphatic carbocycles. The van der Waals surface area contributed by atoms with E-state index >= 15 is 0 Å². The summed E-state index contributed by atoms with van der Waals surface area (Å²) in [6, 6.07) is 0. The smallest absolute Gasteiger partial charge is 0.342 e. The quantitative estimate of drug-likeness (QED) is 0.307. The number of carbonyl (C=O) groups excluding carboxylic acids is 1. The van der Waals surface area contributed by atoms with Crippen LogP contribution in [0.15, 0.2) is 0 Å². The van der Waals surface area contributed by atoms with Crippen LogP contribution in [0.2, 0.25) is 0 Å². The van der Waals surface area contributed by atoms with E-state index in [0.717, 1.165) is 6.92 Å². The fraction of sp³-hybridized carbons (Fsp3) is 0.929. The summed E-state index contributed by atoms with van der Waals surface area (Å²) in [5.41, 5.74) is -3.62. The van der Waals surface area contributed by atoms with Crippen LogP contribution in [0.5, 0.6) is 0 Å². The van der Waals surface area contributed by atoms with E-state index < -0.39 is 61.9 Å². The van der Waals surface area contributed by atoms with Gasteiger partial charge in [-0.1, -0.05) is 6.92 Å². The topological polar surface area (TPSA) is 35.5 Å². The molecule has 0 heterocycles. The SMILES string of the molecule is CCC(F)(F)C(F)(F)C(C)(F)CCC(=O)OCCOCC(C)(F)F. The molecule has 0 saturated carbocycles. The molecular weight excluding hydrogens is 349 g/mol. The van der Waals surface area contributed by atoms with Gasteiger partial charge in [-0.25, -0.2) is 13.2 Å². The van der Waals surface area contributed by atoms with Gasteiger partial charge in [0.05, 0.1) is 6.61 Å². The van der Waals surface area contributed by atoms with Gasteiger partial charge in [-0.3, -0.25) is 4.79 Å². The maximum atomic E-state index is 13.9. The number of hydrogen-bond acceptors (Lipinski definition) is 3. The third-order valence-corrected chi connectivity index (χ3v) is 3.20. The third-order valence-electron chi connectivity index (χ3n) is 3.20. The van der Waals surface area contributed by atoms with Crippen LogP contribution in [0, 0.1) is 0 Å². The van der Waals surface area contributed by atoms with Gasteiger partial charge in [0.2, 0.25) is 0 Å². The third kappa shape index (κ3) is 6.82. The summed E-state index contributed by atoms with van der Waals surface area (Å²) in [5.74, 6) is -13.7. The van der Waals surface area contributed by atoms with E-state index in [0.29, 0.717) is 6.92 Å². The van der Waals surface area contributed by atoms with Crippen molar-refractivity contribution in [1.29, 1.82) is 0 Å². The summed E-state index contributed by atoms with van der Waals surface area (Å²) in [6.07, 6.45) is -3.31. The average molecular weight is 370 g/mol. The van der Waals surface area contributed by atoms with Crippen LogP contribution >= 0.6 is 0 Å². The van der Waals surface area contributed by atoms with Gasteiger partial charge in [0.1, 0.15) is 13.2 Å². The van der Waals surface area contributed by atoms with Crippen molar-refractivity contribution in [2.24, 2.45) is 0 Å². The standard InChI is InChI=1S/C14H21F7O3/c1-4-13(18,19)14(20,21)11(2,15)6-5-10(22)24-8-7-23-9-12(3,16)17/h4-9H2,1-3H3. The first-order valence-corrected chi connectivity index (χ1v) is 7.22. The largest absolute Gasteiger partial charge is 0.463 e. The second-order valence-electron chi connectivity index (χ2n) is 5.67. The molecular formula is C14H21F7O3. The van der Waals surface area contributed by atoms with Gasteiger partial charge in [0.25, 0.3) is 5.92 Å². The van der Waals surface area contributed by atoms with E-state index in [2.05, 4.69) is 9.47 Å². The van der Waals surface area contributed by atoms with Gasteiger partial charge >= 0.3 is 17.8 Å².